The van der Waals surface area contributed by atoms with Crippen molar-refractivity contribution >= 4 is 40.7 Å². The summed E-state index contributed by atoms with van der Waals surface area (Å²) in [6, 6.07) is 5.54. The zero-order valence-corrected chi connectivity index (χ0v) is 26.4. The van der Waals surface area contributed by atoms with Crippen molar-refractivity contribution in [2.75, 3.05) is 11.9 Å². The van der Waals surface area contributed by atoms with Gasteiger partial charge in [0.2, 0.25) is 11.8 Å². The Bertz CT molecular complexity index is 1450. The second-order valence-electron chi connectivity index (χ2n) is 14.1. The number of nitrogens with zero attached hydrogens (tertiary/aromatic N) is 1. The van der Waals surface area contributed by atoms with Gasteiger partial charge in [-0.15, -0.1) is 0 Å². The summed E-state index contributed by atoms with van der Waals surface area (Å²) in [6.45, 7) is 8.06. The number of benzene rings is 1. The van der Waals surface area contributed by atoms with E-state index < -0.39 is 34.3 Å². The van der Waals surface area contributed by atoms with Crippen molar-refractivity contribution in [1.29, 1.82) is 0 Å². The third-order valence-corrected chi connectivity index (χ3v) is 10.9. The van der Waals surface area contributed by atoms with E-state index in [1.54, 1.807) is 26.0 Å². The Kier molecular flexibility index (Phi) is 7.61. The summed E-state index contributed by atoms with van der Waals surface area (Å²) in [7, 11) is 0. The summed E-state index contributed by atoms with van der Waals surface area (Å²) in [4.78, 5) is 32.8. The van der Waals surface area contributed by atoms with Crippen LogP contribution in [0.3, 0.4) is 0 Å². The smallest absolute Gasteiger partial charge is 0.238 e. The van der Waals surface area contributed by atoms with E-state index >= 15 is 4.39 Å². The van der Waals surface area contributed by atoms with Crippen LogP contribution in [0.1, 0.15) is 83.3 Å². The molecule has 3 aliphatic heterocycles. The highest BCUT2D eigenvalue weighted by molar-refractivity contribution is 6.31. The van der Waals surface area contributed by atoms with Crippen LogP contribution < -0.4 is 16.0 Å². The van der Waals surface area contributed by atoms with Crippen LogP contribution >= 0.6 is 23.2 Å². The van der Waals surface area contributed by atoms with Crippen molar-refractivity contribution in [3.8, 4) is 0 Å². The zero-order valence-electron chi connectivity index (χ0n) is 24.9. The predicted molar refractivity (Wildman–Crippen MR) is 163 cm³/mol. The Labute approximate surface area is 261 Å². The number of ether oxygens (including phenoxy) is 1. The lowest BCUT2D eigenvalue weighted by atomic mass is 9.53. The first-order chi connectivity index (χ1) is 20.2. The average Bonchev–Trinajstić information content (AvgIpc) is 3.39. The van der Waals surface area contributed by atoms with E-state index in [9.17, 15) is 14.7 Å². The molecule has 1 aromatic heterocycles. The number of aromatic nitrogens is 1. The van der Waals surface area contributed by atoms with E-state index in [4.69, 9.17) is 27.9 Å². The molecule has 232 valence electrons. The van der Waals surface area contributed by atoms with E-state index in [1.165, 1.54) is 12.3 Å². The van der Waals surface area contributed by atoms with Gasteiger partial charge < -0.3 is 20.5 Å². The highest BCUT2D eigenvalue weighted by Gasteiger charge is 2.73. The number of hydrogen-bond acceptors (Lipinski definition) is 6. The Hall–Kier alpha value is -2.30. The van der Waals surface area contributed by atoms with Gasteiger partial charge in [-0.25, -0.2) is 9.37 Å². The molecule has 1 saturated carbocycles. The minimum Gasteiger partial charge on any atom is -0.388 e. The van der Waals surface area contributed by atoms with Crippen LogP contribution in [-0.4, -0.2) is 57.8 Å². The van der Waals surface area contributed by atoms with Crippen LogP contribution in [0.2, 0.25) is 10.2 Å². The molecular formula is C32H39Cl2FN4O4. The average molecular weight is 634 g/mol. The van der Waals surface area contributed by atoms with Crippen LogP contribution in [0.4, 0.5) is 10.1 Å². The van der Waals surface area contributed by atoms with E-state index in [1.807, 2.05) is 6.07 Å². The quantitative estimate of drug-likeness (QED) is 0.343. The first kappa shape index (κ1) is 30.7. The molecule has 1 aliphatic carbocycles. The molecule has 2 saturated heterocycles. The molecule has 3 fully saturated rings. The highest BCUT2D eigenvalue weighted by atomic mass is 35.5. The fourth-order valence-electron chi connectivity index (χ4n) is 8.04. The molecule has 43 heavy (non-hydrogen) atoms. The van der Waals surface area contributed by atoms with Crippen molar-refractivity contribution < 1.29 is 23.8 Å². The third kappa shape index (κ3) is 4.96. The summed E-state index contributed by atoms with van der Waals surface area (Å²) >= 11 is 12.6. The molecule has 4 aliphatic rings. The third-order valence-electron chi connectivity index (χ3n) is 10.4. The Morgan fingerprint density at radius 3 is 2.53 bits per heavy atom. The fraction of sp³-hybridized carbons (Fsp3) is 0.594. The number of hydrogen-bond donors (Lipinski definition) is 4. The number of amides is 2. The Morgan fingerprint density at radius 2 is 1.88 bits per heavy atom. The van der Waals surface area contributed by atoms with Crippen molar-refractivity contribution in [2.45, 2.75) is 107 Å². The summed E-state index contributed by atoms with van der Waals surface area (Å²) < 4.78 is 22.0. The molecule has 4 heterocycles. The molecule has 6 rings (SSSR count). The second kappa shape index (κ2) is 10.7. The van der Waals surface area contributed by atoms with Crippen molar-refractivity contribution in [2.24, 2.45) is 5.41 Å². The number of pyridine rings is 1. The molecule has 2 aromatic rings. The van der Waals surface area contributed by atoms with Gasteiger partial charge in [0.05, 0.1) is 30.4 Å². The number of halogens is 3. The lowest BCUT2D eigenvalue weighted by molar-refractivity contribution is -0.131. The first-order valence-corrected chi connectivity index (χ1v) is 15.8. The normalized spacial score (nSPS) is 31.2. The monoisotopic (exact) mass is 632 g/mol. The maximum Gasteiger partial charge on any atom is 0.238 e. The molecule has 2 amide bonds. The van der Waals surface area contributed by atoms with Crippen molar-refractivity contribution in [3.63, 3.8) is 0 Å². The second-order valence-corrected chi connectivity index (χ2v) is 14.9. The van der Waals surface area contributed by atoms with Crippen LogP contribution in [-0.2, 0) is 19.7 Å². The molecular weight excluding hydrogens is 594 g/mol. The van der Waals surface area contributed by atoms with E-state index in [0.717, 1.165) is 12.8 Å². The van der Waals surface area contributed by atoms with Crippen LogP contribution in [0.5, 0.6) is 0 Å². The standard InChI is InChI=1S/C32H39Cl2FN4O4/c1-29(2)10-12-31(13-11-29)32(20-7-5-17(33)15-21(20)38-28(32)41)23(19-9-14-36-26(34)24(19)35)25(39-31)27(40)37-18-6-8-22(43-16-18)30(3,4)42/h5,7,9,14-15,18,22-23,25,39,42H,6,8,10-13,16H2,1-4H3,(H,37,40)(H,38,41)/t18-,22+,23+,25-,32-/m1/s1. The van der Waals surface area contributed by atoms with Gasteiger partial charge in [-0.1, -0.05) is 43.1 Å². The van der Waals surface area contributed by atoms with Crippen LogP contribution in [0.15, 0.2) is 30.5 Å². The van der Waals surface area contributed by atoms with Gasteiger partial charge >= 0.3 is 0 Å². The Morgan fingerprint density at radius 1 is 1.16 bits per heavy atom. The molecule has 0 unspecified atom stereocenters. The van der Waals surface area contributed by atoms with Crippen molar-refractivity contribution in [1.82, 2.24) is 15.6 Å². The maximum absolute atomic E-state index is 16.0. The van der Waals surface area contributed by atoms with Crippen LogP contribution in [0, 0.1) is 11.2 Å². The summed E-state index contributed by atoms with van der Waals surface area (Å²) in [5.74, 6) is -2.32. The first-order valence-electron chi connectivity index (χ1n) is 15.0. The highest BCUT2D eigenvalue weighted by Crippen LogP contribution is 2.64. The Balaban J connectivity index is 1.47. The number of carbonyl (C=O) groups excluding carboxylic acids is 2. The lowest BCUT2D eigenvalue weighted by Crippen LogP contribution is -2.61. The molecule has 2 spiro atoms. The largest absolute Gasteiger partial charge is 0.388 e. The number of nitrogens with one attached hydrogen (secondary N) is 3. The summed E-state index contributed by atoms with van der Waals surface area (Å²) in [5, 5.41) is 20.4. The van der Waals surface area contributed by atoms with E-state index in [-0.39, 0.29) is 46.7 Å². The number of fused-ring (bicyclic) bond motifs is 3. The topological polar surface area (TPSA) is 113 Å². The van der Waals surface area contributed by atoms with Gasteiger partial charge in [-0.3, -0.25) is 14.9 Å². The molecule has 1 aromatic carbocycles. The van der Waals surface area contributed by atoms with E-state index in [0.29, 0.717) is 42.0 Å². The molecule has 4 N–H and O–H groups in total. The number of anilines is 1. The predicted octanol–water partition coefficient (Wildman–Crippen LogP) is 5.25. The molecule has 0 bridgehead atoms. The summed E-state index contributed by atoms with van der Waals surface area (Å²) in [6.07, 6.45) is 5.10. The molecule has 8 nitrogen and oxygen atoms in total. The van der Waals surface area contributed by atoms with Gasteiger partial charge in [0.25, 0.3) is 0 Å². The number of aliphatic hydroxyl groups is 1. The fourth-order valence-corrected chi connectivity index (χ4v) is 8.38. The molecule has 0 radical (unpaired) electrons. The number of rotatable bonds is 4. The van der Waals surface area contributed by atoms with Gasteiger partial charge in [0, 0.05) is 28.4 Å². The number of carbonyl (C=O) groups is 2. The summed E-state index contributed by atoms with van der Waals surface area (Å²) in [5.41, 5.74) is -1.71. The SMILES string of the molecule is CC1(C)CCC2(CC1)N[C@@H](C(=O)N[C@@H]1CC[C@@H](C(C)(C)O)OC1)[C@H](c1ccnc(Cl)c1F)[C@]21C(=O)Nc2cc(Cl)ccc21. The van der Waals surface area contributed by atoms with Crippen LogP contribution in [0.25, 0.3) is 0 Å². The van der Waals surface area contributed by atoms with E-state index in [2.05, 4.69) is 34.8 Å². The van der Waals surface area contributed by atoms with Gasteiger partial charge in [0.15, 0.2) is 11.0 Å². The van der Waals surface area contributed by atoms with Gasteiger partial charge in [-0.05, 0) is 87.1 Å². The molecule has 11 heteroatoms. The minimum atomic E-state index is -1.33. The lowest BCUT2D eigenvalue weighted by Gasteiger charge is -2.50. The van der Waals surface area contributed by atoms with Gasteiger partial charge in [-0.2, -0.15) is 0 Å². The minimum absolute atomic E-state index is 0.0452. The molecule has 5 atom stereocenters. The maximum atomic E-state index is 16.0. The zero-order chi connectivity index (χ0) is 30.9. The van der Waals surface area contributed by atoms with Crippen molar-refractivity contribution in [3.05, 3.63) is 57.6 Å². The van der Waals surface area contributed by atoms with Gasteiger partial charge in [0.1, 0.15) is 5.41 Å².